The third-order valence-electron chi connectivity index (χ3n) is 5.28. The molecule has 0 saturated carbocycles. The van der Waals surface area contributed by atoms with E-state index in [1.807, 2.05) is 12.1 Å². The first-order valence-electron chi connectivity index (χ1n) is 9.54. The van der Waals surface area contributed by atoms with Gasteiger partial charge in [-0.2, -0.15) is 18.2 Å². The molecule has 3 heterocycles. The summed E-state index contributed by atoms with van der Waals surface area (Å²) in [6, 6.07) is 10.6. The smallest absolute Gasteiger partial charge is 0.422 e. The van der Waals surface area contributed by atoms with E-state index in [4.69, 9.17) is 0 Å². The van der Waals surface area contributed by atoms with Gasteiger partial charge in [0.15, 0.2) is 5.65 Å². The van der Waals surface area contributed by atoms with Crippen LogP contribution in [-0.4, -0.2) is 50.0 Å². The number of piperidine rings is 1. The first kappa shape index (κ1) is 20.6. The van der Waals surface area contributed by atoms with Crippen LogP contribution >= 0.6 is 0 Å². The Kier molecular flexibility index (Phi) is 5.25. The van der Waals surface area contributed by atoms with Crippen molar-refractivity contribution in [3.63, 3.8) is 0 Å². The van der Waals surface area contributed by atoms with Crippen LogP contribution in [0.2, 0.25) is 0 Å². The van der Waals surface area contributed by atoms with Crippen molar-refractivity contribution < 1.29 is 23.2 Å². The van der Waals surface area contributed by atoms with Crippen molar-refractivity contribution in [3.05, 3.63) is 58.6 Å². The van der Waals surface area contributed by atoms with Gasteiger partial charge < -0.3 is 15.4 Å². The Morgan fingerprint density at radius 1 is 1.16 bits per heavy atom. The van der Waals surface area contributed by atoms with E-state index in [0.29, 0.717) is 28.6 Å². The van der Waals surface area contributed by atoms with E-state index in [1.54, 1.807) is 24.3 Å². The van der Waals surface area contributed by atoms with E-state index in [2.05, 4.69) is 15.3 Å². The lowest BCUT2D eigenvalue weighted by atomic mass is 9.89. The fourth-order valence-corrected chi connectivity index (χ4v) is 3.74. The van der Waals surface area contributed by atoms with Crippen LogP contribution in [0.15, 0.2) is 47.4 Å². The highest BCUT2D eigenvalue weighted by atomic mass is 19.4. The maximum absolute atomic E-state index is 12.6. The van der Waals surface area contributed by atoms with Gasteiger partial charge in [-0.1, -0.05) is 12.1 Å². The molecule has 0 bridgehead atoms. The first-order valence-corrected chi connectivity index (χ1v) is 9.54. The highest BCUT2D eigenvalue weighted by Crippen LogP contribution is 2.32. The monoisotopic (exact) mass is 433 g/mol. The van der Waals surface area contributed by atoms with E-state index < -0.39 is 17.8 Å². The Bertz CT molecular complexity index is 1190. The van der Waals surface area contributed by atoms with Crippen LogP contribution in [-0.2, 0) is 4.79 Å². The molecule has 1 saturated heterocycles. The molecule has 1 aromatic carbocycles. The maximum atomic E-state index is 12.6. The highest BCUT2D eigenvalue weighted by molar-refractivity contribution is 5.88. The summed E-state index contributed by atoms with van der Waals surface area (Å²) in [7, 11) is 0. The van der Waals surface area contributed by atoms with Crippen LogP contribution in [0.5, 0.6) is 0 Å². The summed E-state index contributed by atoms with van der Waals surface area (Å²) >= 11 is 0. The van der Waals surface area contributed by atoms with Gasteiger partial charge in [0.05, 0.1) is 5.39 Å². The molecule has 1 fully saturated rings. The molecule has 0 aliphatic carbocycles. The van der Waals surface area contributed by atoms with Gasteiger partial charge >= 0.3 is 17.8 Å². The lowest BCUT2D eigenvalue weighted by Gasteiger charge is -2.32. The molecule has 1 aliphatic rings. The number of alkyl halides is 3. The second-order valence-corrected chi connectivity index (χ2v) is 7.24. The summed E-state index contributed by atoms with van der Waals surface area (Å²) in [6.07, 6.45) is -2.59. The molecule has 11 heteroatoms. The molecular formula is C20H18F3N5O3. The molecule has 4 rings (SSSR count). The van der Waals surface area contributed by atoms with Gasteiger partial charge in [0.25, 0.3) is 0 Å². The maximum Gasteiger partial charge on any atom is 0.471 e. The summed E-state index contributed by atoms with van der Waals surface area (Å²) in [4.78, 5) is 32.0. The van der Waals surface area contributed by atoms with Crippen LogP contribution in [0.4, 0.5) is 24.7 Å². The number of carbonyl (C=O) groups excluding carboxylic acids is 1. The quantitative estimate of drug-likeness (QED) is 0.616. The van der Waals surface area contributed by atoms with Gasteiger partial charge in [-0.15, -0.1) is 4.73 Å². The fraction of sp³-hybridized carbons (Fsp3) is 0.300. The van der Waals surface area contributed by atoms with Crippen LogP contribution in [0, 0.1) is 0 Å². The summed E-state index contributed by atoms with van der Waals surface area (Å²) < 4.78 is 38.3. The molecule has 31 heavy (non-hydrogen) atoms. The minimum absolute atomic E-state index is 0.00385. The number of pyridine rings is 1. The number of likely N-dealkylation sites (tertiary alicyclic amines) is 1. The lowest BCUT2D eigenvalue weighted by molar-refractivity contribution is -0.186. The Morgan fingerprint density at radius 2 is 1.90 bits per heavy atom. The van der Waals surface area contributed by atoms with E-state index >= 15 is 0 Å². The molecule has 0 atom stereocenters. The third kappa shape index (κ3) is 4.16. The summed E-state index contributed by atoms with van der Waals surface area (Å²) in [5.41, 5.74) is 0.704. The predicted molar refractivity (Wildman–Crippen MR) is 105 cm³/mol. The summed E-state index contributed by atoms with van der Waals surface area (Å²) in [5, 5.41) is 13.3. The van der Waals surface area contributed by atoms with Gasteiger partial charge in [-0.05, 0) is 48.6 Å². The first-order chi connectivity index (χ1) is 14.7. The molecule has 2 aromatic heterocycles. The number of benzene rings is 1. The molecule has 8 nitrogen and oxygen atoms in total. The van der Waals surface area contributed by atoms with E-state index in [0.717, 1.165) is 10.5 Å². The number of aromatic nitrogens is 3. The Morgan fingerprint density at radius 3 is 2.61 bits per heavy atom. The average Bonchev–Trinajstić information content (AvgIpc) is 2.76. The lowest BCUT2D eigenvalue weighted by Crippen LogP contribution is -2.45. The van der Waals surface area contributed by atoms with Gasteiger partial charge in [-0.3, -0.25) is 4.79 Å². The number of halogens is 3. The predicted octanol–water partition coefficient (Wildman–Crippen LogP) is 3.04. The van der Waals surface area contributed by atoms with Crippen LogP contribution in [0.1, 0.15) is 24.3 Å². The zero-order valence-corrected chi connectivity index (χ0v) is 16.1. The summed E-state index contributed by atoms with van der Waals surface area (Å²) in [5.74, 6) is -1.58. The minimum atomic E-state index is -4.86. The number of rotatable bonds is 3. The number of carbonyl (C=O) groups is 1. The van der Waals surface area contributed by atoms with E-state index in [-0.39, 0.29) is 30.5 Å². The van der Waals surface area contributed by atoms with Gasteiger partial charge in [-0.25, -0.2) is 9.78 Å². The molecular weight excluding hydrogens is 415 g/mol. The number of anilines is 2. The van der Waals surface area contributed by atoms with Crippen molar-refractivity contribution in [1.82, 2.24) is 19.6 Å². The van der Waals surface area contributed by atoms with Crippen molar-refractivity contribution in [3.8, 4) is 0 Å². The second kappa shape index (κ2) is 7.89. The minimum Gasteiger partial charge on any atom is -0.422 e. The third-order valence-corrected chi connectivity index (χ3v) is 5.28. The number of fused-ring (bicyclic) bond motifs is 1. The zero-order valence-electron chi connectivity index (χ0n) is 16.1. The van der Waals surface area contributed by atoms with Crippen molar-refractivity contribution >= 4 is 28.4 Å². The number of nitrogens with zero attached hydrogens (tertiary/aromatic N) is 4. The Labute approximate surface area is 173 Å². The molecule has 162 valence electrons. The average molecular weight is 433 g/mol. The van der Waals surface area contributed by atoms with Gasteiger partial charge in [0.1, 0.15) is 5.82 Å². The van der Waals surface area contributed by atoms with Gasteiger partial charge in [0, 0.05) is 25.0 Å². The topological polar surface area (TPSA) is 100 Å². The fourth-order valence-electron chi connectivity index (χ4n) is 3.74. The molecule has 3 aromatic rings. The van der Waals surface area contributed by atoms with Crippen LogP contribution in [0.3, 0.4) is 0 Å². The van der Waals surface area contributed by atoms with Crippen molar-refractivity contribution in [2.75, 3.05) is 18.4 Å². The molecule has 2 N–H and O–H groups in total. The standard InChI is InChI=1S/C20H18F3N5O3/c21-20(22,23)18(29)27-9-6-12(7-10-27)13-3-1-4-14(11-13)25-16-15-5-2-8-24-17(15)28(31)19(30)26-16/h1-5,8,11-12,31H,6-7,9-10H2,(H,25,26,30). The van der Waals surface area contributed by atoms with E-state index in [9.17, 15) is 28.0 Å². The molecule has 1 amide bonds. The molecule has 0 spiro atoms. The largest absolute Gasteiger partial charge is 0.471 e. The highest BCUT2D eigenvalue weighted by Gasteiger charge is 2.43. The summed E-state index contributed by atoms with van der Waals surface area (Å²) in [6.45, 7) is 0.0700. The number of hydrogen-bond acceptors (Lipinski definition) is 6. The molecule has 0 unspecified atom stereocenters. The van der Waals surface area contributed by atoms with Crippen molar-refractivity contribution in [2.24, 2.45) is 0 Å². The van der Waals surface area contributed by atoms with E-state index in [1.165, 1.54) is 6.20 Å². The van der Waals surface area contributed by atoms with Gasteiger partial charge in [0.2, 0.25) is 0 Å². The van der Waals surface area contributed by atoms with Crippen LogP contribution < -0.4 is 11.0 Å². The SMILES string of the molecule is O=C(N1CCC(c2cccc(Nc3nc(=O)n(O)c4ncccc34)c2)CC1)C(F)(F)F. The number of hydrogen-bond donors (Lipinski definition) is 2. The van der Waals surface area contributed by atoms with Crippen molar-refractivity contribution in [1.29, 1.82) is 0 Å². The Hall–Kier alpha value is -3.63. The zero-order chi connectivity index (χ0) is 22.2. The Balaban J connectivity index is 1.53. The van der Waals surface area contributed by atoms with Crippen molar-refractivity contribution in [2.45, 2.75) is 24.9 Å². The normalized spacial score (nSPS) is 15.3. The second-order valence-electron chi connectivity index (χ2n) is 7.24. The molecule has 0 radical (unpaired) electrons. The number of nitrogens with one attached hydrogen (secondary N) is 1. The number of amides is 1. The molecule has 1 aliphatic heterocycles. The van der Waals surface area contributed by atoms with Crippen LogP contribution in [0.25, 0.3) is 11.0 Å².